The smallest absolute Gasteiger partial charge is 0.253 e. The molecule has 0 radical (unpaired) electrons. The topological polar surface area (TPSA) is 55.6 Å². The molecule has 6 nitrogen and oxygen atoms in total. The molecule has 1 saturated heterocycles. The van der Waals surface area contributed by atoms with Gasteiger partial charge in [0.05, 0.1) is 11.4 Å². The van der Waals surface area contributed by atoms with Crippen LogP contribution < -0.4 is 4.74 Å². The minimum Gasteiger partial charge on any atom is -0.485 e. The summed E-state index contributed by atoms with van der Waals surface area (Å²) in [6, 6.07) is 0. The third-order valence-electron chi connectivity index (χ3n) is 3.40. The Balaban J connectivity index is 1.98. The number of nitrogens with zero attached hydrogens (tertiary/aromatic N) is 5. The van der Waals surface area contributed by atoms with E-state index in [1.54, 1.807) is 4.52 Å². The molecule has 2 aromatic heterocycles. The first-order valence-electron chi connectivity index (χ1n) is 6.41. The minimum atomic E-state index is 0.221. The molecule has 2 unspecified atom stereocenters. The molecule has 1 aliphatic rings. The molecule has 0 aromatic carbocycles. The lowest BCUT2D eigenvalue weighted by molar-refractivity contribution is 0.211. The summed E-state index contributed by atoms with van der Waals surface area (Å²) < 4.78 is 10.1. The second-order valence-electron chi connectivity index (χ2n) is 5.01. The zero-order chi connectivity index (χ0) is 13.6. The van der Waals surface area contributed by atoms with Crippen molar-refractivity contribution in [3.8, 4) is 5.75 Å². The highest BCUT2D eigenvalue weighted by molar-refractivity contribution is 7.13. The lowest BCUT2D eigenvalue weighted by atomic mass is 10.3. The van der Waals surface area contributed by atoms with Gasteiger partial charge in [-0.05, 0) is 27.2 Å². The van der Waals surface area contributed by atoms with Gasteiger partial charge in [0.25, 0.3) is 5.78 Å². The predicted molar refractivity (Wildman–Crippen MR) is 75.3 cm³/mol. The highest BCUT2D eigenvalue weighted by atomic mass is 31.0. The number of ether oxygens (including phenoxy) is 1. The maximum Gasteiger partial charge on any atom is 0.253 e. The molecular weight excluding hydrogens is 261 g/mol. The third-order valence-corrected chi connectivity index (χ3v) is 3.87. The van der Waals surface area contributed by atoms with Crippen molar-refractivity contribution in [1.29, 1.82) is 0 Å². The number of hydrogen-bond acceptors (Lipinski definition) is 5. The Bertz CT molecular complexity index is 626. The van der Waals surface area contributed by atoms with E-state index >= 15 is 0 Å². The summed E-state index contributed by atoms with van der Waals surface area (Å²) >= 11 is 0. The van der Waals surface area contributed by atoms with Gasteiger partial charge in [0.2, 0.25) is 0 Å². The zero-order valence-corrected chi connectivity index (χ0v) is 12.6. The molecule has 0 bridgehead atoms. The van der Waals surface area contributed by atoms with Crippen molar-refractivity contribution in [2.24, 2.45) is 0 Å². The normalized spacial score (nSPS) is 20.3. The molecule has 0 N–H and O–H groups in total. The van der Waals surface area contributed by atoms with Crippen LogP contribution in [0.1, 0.15) is 23.6 Å². The first kappa shape index (κ1) is 12.8. The van der Waals surface area contributed by atoms with Gasteiger partial charge in [-0.3, -0.25) is 4.67 Å². The summed E-state index contributed by atoms with van der Waals surface area (Å²) in [5, 5.41) is 4.35. The number of aryl methyl sites for hydroxylation is 3. The van der Waals surface area contributed by atoms with E-state index in [0.717, 1.165) is 42.5 Å². The van der Waals surface area contributed by atoms with Crippen LogP contribution in [-0.4, -0.2) is 43.4 Å². The fraction of sp³-hybridized carbons (Fsp3) is 0.583. The average Bonchev–Trinajstić information content (AvgIpc) is 2.90. The van der Waals surface area contributed by atoms with Crippen LogP contribution in [0, 0.1) is 20.8 Å². The Morgan fingerprint density at radius 3 is 2.74 bits per heavy atom. The SMILES string of the molecule is Cc1nc2nc(C)c(OC3CCN(P)C3)c(C)n2n1. The summed E-state index contributed by atoms with van der Waals surface area (Å²) in [6.07, 6.45) is 1.26. The first-order chi connectivity index (χ1) is 9.04. The summed E-state index contributed by atoms with van der Waals surface area (Å²) in [7, 11) is 2.72. The fourth-order valence-electron chi connectivity index (χ4n) is 2.45. The quantitative estimate of drug-likeness (QED) is 0.775. The van der Waals surface area contributed by atoms with Crippen molar-refractivity contribution >= 4 is 15.2 Å². The van der Waals surface area contributed by atoms with Gasteiger partial charge >= 0.3 is 0 Å². The van der Waals surface area contributed by atoms with E-state index < -0.39 is 0 Å². The summed E-state index contributed by atoms with van der Waals surface area (Å²) in [5.74, 6) is 2.20. The Hall–Kier alpha value is -1.26. The van der Waals surface area contributed by atoms with Gasteiger partial charge in [-0.25, -0.2) is 4.98 Å². The first-order valence-corrected chi connectivity index (χ1v) is 6.93. The summed E-state index contributed by atoms with van der Waals surface area (Å²) in [5.41, 5.74) is 1.84. The van der Waals surface area contributed by atoms with E-state index in [-0.39, 0.29) is 6.10 Å². The second kappa shape index (κ2) is 4.69. The fourth-order valence-corrected chi connectivity index (χ4v) is 2.83. The van der Waals surface area contributed by atoms with Crippen LogP contribution in [0.5, 0.6) is 5.75 Å². The van der Waals surface area contributed by atoms with E-state index in [1.165, 1.54) is 0 Å². The molecular formula is C12H18N5OP. The predicted octanol–water partition coefficient (Wildman–Crippen LogP) is 1.29. The van der Waals surface area contributed by atoms with Crippen LogP contribution in [-0.2, 0) is 0 Å². The van der Waals surface area contributed by atoms with E-state index in [4.69, 9.17) is 4.74 Å². The van der Waals surface area contributed by atoms with Crippen molar-refractivity contribution in [3.05, 3.63) is 17.2 Å². The van der Waals surface area contributed by atoms with Crippen LogP contribution in [0.4, 0.5) is 0 Å². The highest BCUT2D eigenvalue weighted by Gasteiger charge is 2.23. The van der Waals surface area contributed by atoms with E-state index in [0.29, 0.717) is 5.78 Å². The third kappa shape index (κ3) is 2.30. The Morgan fingerprint density at radius 2 is 2.05 bits per heavy atom. The Kier molecular flexibility index (Phi) is 3.15. The van der Waals surface area contributed by atoms with Crippen LogP contribution >= 0.6 is 9.39 Å². The molecule has 7 heteroatoms. The van der Waals surface area contributed by atoms with Crippen molar-refractivity contribution in [2.75, 3.05) is 13.1 Å². The van der Waals surface area contributed by atoms with Gasteiger partial charge in [-0.1, -0.05) is 9.39 Å². The molecule has 0 amide bonds. The summed E-state index contributed by atoms with van der Waals surface area (Å²) in [6.45, 7) is 7.80. The Morgan fingerprint density at radius 1 is 1.26 bits per heavy atom. The largest absolute Gasteiger partial charge is 0.485 e. The van der Waals surface area contributed by atoms with E-state index in [9.17, 15) is 0 Å². The van der Waals surface area contributed by atoms with Gasteiger partial charge < -0.3 is 4.74 Å². The average molecular weight is 279 g/mol. The van der Waals surface area contributed by atoms with Gasteiger partial charge in [-0.2, -0.15) is 9.50 Å². The highest BCUT2D eigenvalue weighted by Crippen LogP contribution is 2.26. The van der Waals surface area contributed by atoms with Crippen LogP contribution in [0.2, 0.25) is 0 Å². The molecule has 0 aliphatic carbocycles. The molecule has 2 atom stereocenters. The van der Waals surface area contributed by atoms with Gasteiger partial charge in [0, 0.05) is 13.1 Å². The Labute approximate surface area is 114 Å². The second-order valence-corrected chi connectivity index (χ2v) is 5.74. The van der Waals surface area contributed by atoms with Crippen molar-refractivity contribution in [2.45, 2.75) is 33.3 Å². The number of rotatable bonds is 2. The molecule has 102 valence electrons. The van der Waals surface area contributed by atoms with Gasteiger partial charge in [0.15, 0.2) is 5.75 Å². The monoisotopic (exact) mass is 279 g/mol. The van der Waals surface area contributed by atoms with Crippen molar-refractivity contribution in [1.82, 2.24) is 24.3 Å². The lowest BCUT2D eigenvalue weighted by Gasteiger charge is -2.17. The maximum absolute atomic E-state index is 6.12. The van der Waals surface area contributed by atoms with Crippen LogP contribution in [0.3, 0.4) is 0 Å². The van der Waals surface area contributed by atoms with Crippen LogP contribution in [0.25, 0.3) is 5.78 Å². The van der Waals surface area contributed by atoms with E-state index in [2.05, 4.69) is 29.1 Å². The van der Waals surface area contributed by atoms with Crippen molar-refractivity contribution < 1.29 is 4.74 Å². The molecule has 1 aliphatic heterocycles. The van der Waals surface area contributed by atoms with Gasteiger partial charge in [0.1, 0.15) is 11.9 Å². The number of aromatic nitrogens is 4. The van der Waals surface area contributed by atoms with Gasteiger partial charge in [-0.15, -0.1) is 5.10 Å². The zero-order valence-electron chi connectivity index (χ0n) is 11.4. The molecule has 3 heterocycles. The van der Waals surface area contributed by atoms with E-state index in [1.807, 2.05) is 20.8 Å². The molecule has 2 aromatic rings. The van der Waals surface area contributed by atoms with Crippen molar-refractivity contribution in [3.63, 3.8) is 0 Å². The lowest BCUT2D eigenvalue weighted by Crippen LogP contribution is -2.20. The molecule has 3 rings (SSSR count). The molecule has 1 fully saturated rings. The molecule has 19 heavy (non-hydrogen) atoms. The number of hydrogen-bond donors (Lipinski definition) is 0. The minimum absolute atomic E-state index is 0.221. The standard InChI is InChI=1S/C12H18N5OP/c1-7-11(18-10-4-5-16(19)6-10)8(2)17-12(13-7)14-9(3)15-17/h10H,4-6,19H2,1-3H3. The van der Waals surface area contributed by atoms with Crippen LogP contribution in [0.15, 0.2) is 0 Å². The maximum atomic E-state index is 6.12. The molecule has 0 saturated carbocycles. The summed E-state index contributed by atoms with van der Waals surface area (Å²) in [4.78, 5) is 8.76. The molecule has 0 spiro atoms. The number of fused-ring (bicyclic) bond motifs is 1.